The summed E-state index contributed by atoms with van der Waals surface area (Å²) in [7, 11) is 0. The van der Waals surface area contributed by atoms with Gasteiger partial charge < -0.3 is 0 Å². The predicted molar refractivity (Wildman–Crippen MR) is 89.6 cm³/mol. The molecule has 0 N–H and O–H groups in total. The normalized spacial score (nSPS) is 16.6. The highest BCUT2D eigenvalue weighted by Crippen LogP contribution is 2.29. The summed E-state index contributed by atoms with van der Waals surface area (Å²) < 4.78 is 0. The van der Waals surface area contributed by atoms with Gasteiger partial charge in [-0.2, -0.15) is 10.2 Å². The lowest BCUT2D eigenvalue weighted by Crippen LogP contribution is -2.28. The molecule has 0 bridgehead atoms. The van der Waals surface area contributed by atoms with Gasteiger partial charge in [0.25, 0.3) is 0 Å². The van der Waals surface area contributed by atoms with Gasteiger partial charge in [0.2, 0.25) is 0 Å². The van der Waals surface area contributed by atoms with Crippen molar-refractivity contribution in [1.82, 2.24) is 0 Å². The molecule has 0 aliphatic carbocycles. The first kappa shape index (κ1) is 15.6. The molecule has 6 heteroatoms. The van der Waals surface area contributed by atoms with E-state index >= 15 is 0 Å². The Labute approximate surface area is 142 Å². The number of rotatable bonds is 3. The Hall–Kier alpha value is -2.30. The Balaban J connectivity index is 1.84. The molecule has 1 aliphatic heterocycles. The second kappa shape index (κ2) is 6.44. The van der Waals surface area contributed by atoms with Gasteiger partial charge in [-0.3, -0.25) is 9.59 Å². The zero-order valence-corrected chi connectivity index (χ0v) is 13.3. The van der Waals surface area contributed by atoms with Gasteiger partial charge in [-0.25, -0.2) is 0 Å². The molecule has 1 atom stereocenters. The van der Waals surface area contributed by atoms with E-state index in [0.717, 1.165) is 0 Å². The Kier molecular flexibility index (Phi) is 4.37. The van der Waals surface area contributed by atoms with Gasteiger partial charge in [-0.15, -0.1) is 0 Å². The summed E-state index contributed by atoms with van der Waals surface area (Å²) in [5.74, 6) is -0.865. The largest absolute Gasteiger partial charge is 0.292 e. The van der Waals surface area contributed by atoms with Crippen LogP contribution in [0.5, 0.6) is 0 Å². The monoisotopic (exact) mass is 344 g/mol. The third-order valence-electron chi connectivity index (χ3n) is 3.36. The van der Waals surface area contributed by atoms with Crippen molar-refractivity contribution in [2.45, 2.75) is 6.04 Å². The van der Waals surface area contributed by atoms with Crippen LogP contribution in [0.25, 0.3) is 6.08 Å². The Morgan fingerprint density at radius 2 is 1.91 bits per heavy atom. The van der Waals surface area contributed by atoms with Gasteiger partial charge in [0.1, 0.15) is 0 Å². The number of azo groups is 1. The van der Waals surface area contributed by atoms with E-state index in [-0.39, 0.29) is 0 Å². The van der Waals surface area contributed by atoms with Crippen LogP contribution < -0.4 is 0 Å². The van der Waals surface area contributed by atoms with E-state index in [0.29, 0.717) is 26.9 Å². The zero-order chi connectivity index (χ0) is 16.4. The lowest BCUT2D eigenvalue weighted by Gasteiger charge is -2.14. The lowest BCUT2D eigenvalue weighted by atomic mass is 9.98. The molecule has 0 saturated carbocycles. The minimum Gasteiger partial charge on any atom is -0.292 e. The van der Waals surface area contributed by atoms with Crippen LogP contribution in [0.4, 0.5) is 5.69 Å². The molecule has 4 nitrogen and oxygen atoms in total. The summed E-state index contributed by atoms with van der Waals surface area (Å²) in [4.78, 5) is 24.6. The summed E-state index contributed by atoms with van der Waals surface area (Å²) in [5.41, 5.74) is 1.40. The van der Waals surface area contributed by atoms with Gasteiger partial charge in [-0.1, -0.05) is 41.4 Å². The molecule has 0 radical (unpaired) electrons. The van der Waals surface area contributed by atoms with E-state index in [2.05, 4.69) is 10.2 Å². The molecule has 114 valence electrons. The van der Waals surface area contributed by atoms with E-state index in [4.69, 9.17) is 23.2 Å². The number of halogens is 2. The van der Waals surface area contributed by atoms with Crippen LogP contribution in [0.2, 0.25) is 10.0 Å². The summed E-state index contributed by atoms with van der Waals surface area (Å²) in [5, 5.41) is 8.67. The number of carbonyl (C=O) groups is 2. The fraction of sp³-hybridized carbons (Fsp3) is 0.0588. The van der Waals surface area contributed by atoms with E-state index in [9.17, 15) is 9.59 Å². The smallest absolute Gasteiger partial charge is 0.199 e. The summed E-state index contributed by atoms with van der Waals surface area (Å²) >= 11 is 11.9. The van der Waals surface area contributed by atoms with Crippen molar-refractivity contribution in [3.05, 3.63) is 69.7 Å². The van der Waals surface area contributed by atoms with E-state index in [1.54, 1.807) is 42.5 Å². The lowest BCUT2D eigenvalue weighted by molar-refractivity contribution is -0.114. The number of Topliss-reactive ketones (excluding diaryl/α,β-unsaturated/α-hetero) is 1. The maximum atomic E-state index is 12.4. The van der Waals surface area contributed by atoms with Crippen molar-refractivity contribution in [2.75, 3.05) is 0 Å². The first-order chi connectivity index (χ1) is 11.1. The second-order valence-electron chi connectivity index (χ2n) is 4.90. The van der Waals surface area contributed by atoms with Crippen LogP contribution in [0.15, 0.2) is 58.8 Å². The van der Waals surface area contributed by atoms with Crippen LogP contribution in [-0.2, 0) is 4.79 Å². The van der Waals surface area contributed by atoms with E-state index in [1.165, 1.54) is 12.1 Å². The highest BCUT2D eigenvalue weighted by atomic mass is 35.5. The molecule has 1 unspecified atom stereocenters. The van der Waals surface area contributed by atoms with Gasteiger partial charge in [-0.05, 0) is 42.0 Å². The van der Waals surface area contributed by atoms with Crippen LogP contribution in [-0.4, -0.2) is 17.6 Å². The number of fused-ring (bicyclic) bond motifs is 1. The van der Waals surface area contributed by atoms with Crippen LogP contribution in [0.3, 0.4) is 0 Å². The predicted octanol–water partition coefficient (Wildman–Crippen LogP) is 4.92. The van der Waals surface area contributed by atoms with Gasteiger partial charge >= 0.3 is 0 Å². The molecule has 23 heavy (non-hydrogen) atoms. The quantitative estimate of drug-likeness (QED) is 0.585. The molecule has 0 spiro atoms. The summed E-state index contributed by atoms with van der Waals surface area (Å²) in [6.07, 6.45) is 2.85. The van der Waals surface area contributed by atoms with E-state index in [1.807, 2.05) is 0 Å². The summed E-state index contributed by atoms with van der Waals surface area (Å²) in [6.45, 7) is 0. The van der Waals surface area contributed by atoms with Crippen molar-refractivity contribution >= 4 is 46.5 Å². The molecule has 0 fully saturated rings. The first-order valence-electron chi connectivity index (χ1n) is 6.77. The highest BCUT2D eigenvalue weighted by Gasteiger charge is 2.31. The Morgan fingerprint density at radius 3 is 2.70 bits per heavy atom. The third kappa shape index (κ3) is 3.23. The first-order valence-corrected chi connectivity index (χ1v) is 7.53. The zero-order valence-electron chi connectivity index (χ0n) is 11.7. The van der Waals surface area contributed by atoms with Crippen molar-refractivity contribution in [1.29, 1.82) is 0 Å². The van der Waals surface area contributed by atoms with Crippen molar-refractivity contribution in [3.8, 4) is 0 Å². The average molecular weight is 345 g/mol. The van der Waals surface area contributed by atoms with Gasteiger partial charge in [0.15, 0.2) is 17.6 Å². The number of nitrogens with zero attached hydrogens (tertiary/aromatic N) is 2. The third-order valence-corrected chi connectivity index (χ3v) is 3.93. The van der Waals surface area contributed by atoms with Gasteiger partial charge in [0, 0.05) is 15.6 Å². The molecule has 3 rings (SSSR count). The number of carbonyl (C=O) groups excluding carboxylic acids is 2. The fourth-order valence-electron chi connectivity index (χ4n) is 2.17. The van der Waals surface area contributed by atoms with Crippen LogP contribution >= 0.6 is 23.2 Å². The average Bonchev–Trinajstić information content (AvgIpc) is 2.55. The molecule has 0 saturated heterocycles. The molecule has 0 aromatic heterocycles. The maximum absolute atomic E-state index is 12.4. The molecule has 1 aliphatic rings. The summed E-state index contributed by atoms with van der Waals surface area (Å²) in [6, 6.07) is 10.6. The Morgan fingerprint density at radius 1 is 1.13 bits per heavy atom. The molecule has 1 heterocycles. The highest BCUT2D eigenvalue weighted by molar-refractivity contribution is 6.32. The minimum absolute atomic E-state index is 0.303. The molecular weight excluding hydrogens is 335 g/mol. The molecule has 2 aromatic rings. The number of hydrogen-bond donors (Lipinski definition) is 0. The van der Waals surface area contributed by atoms with Crippen molar-refractivity contribution in [2.24, 2.45) is 10.2 Å². The van der Waals surface area contributed by atoms with Gasteiger partial charge in [0.05, 0.1) is 5.69 Å². The minimum atomic E-state index is -1.18. The number of benzene rings is 2. The number of hydrogen-bond acceptors (Lipinski definition) is 4. The second-order valence-corrected chi connectivity index (χ2v) is 5.74. The fourth-order valence-corrected chi connectivity index (χ4v) is 2.54. The SMILES string of the molecule is O=C(/C=C/c1ccccc1Cl)C1N=Nc2ccc(Cl)cc2C1=O. The van der Waals surface area contributed by atoms with Crippen molar-refractivity contribution in [3.63, 3.8) is 0 Å². The standard InChI is InChI=1S/C17H10Cl2N2O2/c18-11-6-7-14-12(9-11)17(23)16(21-20-14)15(22)8-5-10-3-1-2-4-13(10)19/h1-9,16H/b8-5+. The van der Waals surface area contributed by atoms with Crippen LogP contribution in [0, 0.1) is 0 Å². The maximum Gasteiger partial charge on any atom is 0.199 e. The molecule has 0 amide bonds. The molecular formula is C17H10Cl2N2O2. The Bertz CT molecular complexity index is 859. The topological polar surface area (TPSA) is 58.9 Å². The number of ketones is 2. The molecule has 2 aromatic carbocycles. The van der Waals surface area contributed by atoms with Crippen molar-refractivity contribution < 1.29 is 9.59 Å². The van der Waals surface area contributed by atoms with Crippen LogP contribution in [0.1, 0.15) is 15.9 Å². The van der Waals surface area contributed by atoms with E-state index < -0.39 is 17.6 Å².